The van der Waals surface area contributed by atoms with Gasteiger partial charge in [-0.15, -0.1) is 0 Å². The molecule has 0 bridgehead atoms. The second-order valence-corrected chi connectivity index (χ2v) is 4.40. The number of fused-ring (bicyclic) bond motifs is 1. The van der Waals surface area contributed by atoms with E-state index in [1.807, 2.05) is 6.07 Å². The standard InChI is InChI=1S/C16H14N/c1-13-6-8-14(9-7-13)12-17-11-10-15-4-2-3-5-16(15)17/h2-10H,12H2,1H3. The first-order chi connectivity index (χ1) is 8.33. The Hall–Kier alpha value is -2.02. The van der Waals surface area contributed by atoms with Crippen molar-refractivity contribution in [3.8, 4) is 0 Å². The third-order valence-electron chi connectivity index (χ3n) is 3.06. The fourth-order valence-corrected chi connectivity index (χ4v) is 2.08. The zero-order valence-electron chi connectivity index (χ0n) is 9.85. The lowest BCUT2D eigenvalue weighted by Gasteiger charge is -2.05. The number of aryl methyl sites for hydroxylation is 1. The molecule has 0 aliphatic rings. The minimum absolute atomic E-state index is 0.883. The van der Waals surface area contributed by atoms with E-state index in [1.54, 1.807) is 0 Å². The molecule has 0 aliphatic carbocycles. The van der Waals surface area contributed by atoms with Crippen LogP contribution >= 0.6 is 0 Å². The maximum atomic E-state index is 3.29. The Morgan fingerprint density at radius 2 is 1.76 bits per heavy atom. The molecule has 2 aromatic carbocycles. The predicted octanol–water partition coefficient (Wildman–Crippen LogP) is 3.80. The van der Waals surface area contributed by atoms with Gasteiger partial charge in [0.05, 0.1) is 6.20 Å². The van der Waals surface area contributed by atoms with Crippen molar-refractivity contribution in [1.82, 2.24) is 4.57 Å². The molecule has 0 saturated carbocycles. The van der Waals surface area contributed by atoms with Gasteiger partial charge in [0.1, 0.15) is 0 Å². The zero-order valence-corrected chi connectivity index (χ0v) is 9.85. The average molecular weight is 220 g/mol. The molecule has 3 aromatic rings. The maximum absolute atomic E-state index is 3.29. The molecule has 0 unspecified atom stereocenters. The molecule has 1 heteroatoms. The number of hydrogen-bond acceptors (Lipinski definition) is 0. The highest BCUT2D eigenvalue weighted by Crippen LogP contribution is 2.16. The normalized spacial score (nSPS) is 10.9. The first-order valence-corrected chi connectivity index (χ1v) is 5.84. The molecule has 3 rings (SSSR count). The van der Waals surface area contributed by atoms with E-state index >= 15 is 0 Å². The quantitative estimate of drug-likeness (QED) is 0.619. The number of hydrogen-bond donors (Lipinski definition) is 0. The summed E-state index contributed by atoms with van der Waals surface area (Å²) in [6.45, 7) is 2.99. The molecule has 0 amide bonds. The lowest BCUT2D eigenvalue weighted by Crippen LogP contribution is -1.97. The van der Waals surface area contributed by atoms with Crippen molar-refractivity contribution >= 4 is 10.9 Å². The van der Waals surface area contributed by atoms with E-state index in [2.05, 4.69) is 66.2 Å². The van der Waals surface area contributed by atoms with Crippen LogP contribution in [0.1, 0.15) is 11.1 Å². The van der Waals surface area contributed by atoms with Gasteiger partial charge in [-0.2, -0.15) is 0 Å². The van der Waals surface area contributed by atoms with Crippen LogP contribution in [0, 0.1) is 13.1 Å². The van der Waals surface area contributed by atoms with Gasteiger partial charge in [-0.3, -0.25) is 0 Å². The number of aromatic nitrogens is 1. The van der Waals surface area contributed by atoms with Crippen LogP contribution in [0.2, 0.25) is 0 Å². The van der Waals surface area contributed by atoms with E-state index in [0.29, 0.717) is 0 Å². The van der Waals surface area contributed by atoms with Crippen LogP contribution in [0.5, 0.6) is 0 Å². The van der Waals surface area contributed by atoms with Gasteiger partial charge in [0.25, 0.3) is 0 Å². The van der Waals surface area contributed by atoms with Crippen molar-refractivity contribution in [3.63, 3.8) is 0 Å². The first kappa shape index (κ1) is 10.2. The summed E-state index contributed by atoms with van der Waals surface area (Å²) in [6, 6.07) is 19.1. The fraction of sp³-hybridized carbons (Fsp3) is 0.125. The predicted molar refractivity (Wildman–Crippen MR) is 71.1 cm³/mol. The van der Waals surface area contributed by atoms with Gasteiger partial charge < -0.3 is 4.57 Å². The third kappa shape index (κ3) is 1.96. The third-order valence-corrected chi connectivity index (χ3v) is 3.06. The summed E-state index contributed by atoms with van der Waals surface area (Å²) in [5.41, 5.74) is 3.86. The lowest BCUT2D eigenvalue weighted by molar-refractivity contribution is 0.830. The summed E-state index contributed by atoms with van der Waals surface area (Å²) in [5.74, 6) is 0. The minimum Gasteiger partial charge on any atom is -0.335 e. The Bertz CT molecular complexity index is 632. The molecule has 1 nitrogen and oxygen atoms in total. The van der Waals surface area contributed by atoms with E-state index in [9.17, 15) is 0 Å². The SMILES string of the molecule is Cc1ccc(Cn2[c]cc3ccccc32)cc1. The van der Waals surface area contributed by atoms with E-state index < -0.39 is 0 Å². The summed E-state index contributed by atoms with van der Waals surface area (Å²) in [6.07, 6.45) is 3.29. The highest BCUT2D eigenvalue weighted by molar-refractivity contribution is 5.79. The van der Waals surface area contributed by atoms with Crippen LogP contribution in [0.3, 0.4) is 0 Å². The molecule has 0 fully saturated rings. The van der Waals surface area contributed by atoms with Crippen molar-refractivity contribution in [3.05, 3.63) is 71.9 Å². The van der Waals surface area contributed by atoms with E-state index in [-0.39, 0.29) is 0 Å². The van der Waals surface area contributed by atoms with Gasteiger partial charge in [-0.05, 0) is 24.6 Å². The summed E-state index contributed by atoms with van der Waals surface area (Å²) in [7, 11) is 0. The average Bonchev–Trinajstić information content (AvgIpc) is 2.76. The molecular formula is C16H14N. The second kappa shape index (κ2) is 4.10. The highest BCUT2D eigenvalue weighted by atomic mass is 14.9. The van der Waals surface area contributed by atoms with Gasteiger partial charge in [-0.1, -0.05) is 48.0 Å². The maximum Gasteiger partial charge on any atom is 0.0662 e. The van der Waals surface area contributed by atoms with Crippen molar-refractivity contribution in [1.29, 1.82) is 0 Å². The molecule has 1 radical (unpaired) electrons. The van der Waals surface area contributed by atoms with Crippen molar-refractivity contribution in [2.45, 2.75) is 13.5 Å². The van der Waals surface area contributed by atoms with E-state index in [4.69, 9.17) is 0 Å². The number of benzene rings is 2. The van der Waals surface area contributed by atoms with E-state index in [1.165, 1.54) is 22.0 Å². The van der Waals surface area contributed by atoms with Crippen LogP contribution in [-0.2, 0) is 6.54 Å². The van der Waals surface area contributed by atoms with Crippen LogP contribution in [0.15, 0.2) is 54.6 Å². The zero-order chi connectivity index (χ0) is 11.7. The van der Waals surface area contributed by atoms with Gasteiger partial charge in [0, 0.05) is 17.4 Å². The van der Waals surface area contributed by atoms with Gasteiger partial charge >= 0.3 is 0 Å². The van der Waals surface area contributed by atoms with E-state index in [0.717, 1.165) is 6.54 Å². The molecule has 0 spiro atoms. The summed E-state index contributed by atoms with van der Waals surface area (Å²) < 4.78 is 2.17. The van der Waals surface area contributed by atoms with Gasteiger partial charge in [0.15, 0.2) is 0 Å². The number of para-hydroxylation sites is 1. The van der Waals surface area contributed by atoms with Crippen LogP contribution in [0.4, 0.5) is 0 Å². The highest BCUT2D eigenvalue weighted by Gasteiger charge is 2.01. The Morgan fingerprint density at radius 1 is 1.00 bits per heavy atom. The summed E-state index contributed by atoms with van der Waals surface area (Å²) >= 11 is 0. The molecule has 17 heavy (non-hydrogen) atoms. The summed E-state index contributed by atoms with van der Waals surface area (Å²) in [5, 5.41) is 1.25. The Labute approximate surface area is 101 Å². The molecule has 0 aliphatic heterocycles. The van der Waals surface area contributed by atoms with Crippen molar-refractivity contribution < 1.29 is 0 Å². The molecule has 0 N–H and O–H groups in total. The second-order valence-electron chi connectivity index (χ2n) is 4.40. The summed E-state index contributed by atoms with van der Waals surface area (Å²) in [4.78, 5) is 0. The molecule has 0 saturated heterocycles. The lowest BCUT2D eigenvalue weighted by atomic mass is 10.1. The monoisotopic (exact) mass is 220 g/mol. The van der Waals surface area contributed by atoms with Crippen molar-refractivity contribution in [2.75, 3.05) is 0 Å². The largest absolute Gasteiger partial charge is 0.335 e. The smallest absolute Gasteiger partial charge is 0.0662 e. The minimum atomic E-state index is 0.883. The first-order valence-electron chi connectivity index (χ1n) is 5.84. The van der Waals surface area contributed by atoms with Crippen molar-refractivity contribution in [2.24, 2.45) is 0 Å². The molecule has 1 heterocycles. The topological polar surface area (TPSA) is 4.93 Å². The Morgan fingerprint density at radius 3 is 2.59 bits per heavy atom. The van der Waals surface area contributed by atoms with Gasteiger partial charge in [0.2, 0.25) is 0 Å². The van der Waals surface area contributed by atoms with Crippen LogP contribution < -0.4 is 0 Å². The number of nitrogens with zero attached hydrogens (tertiary/aromatic N) is 1. The molecule has 1 aromatic heterocycles. The fourth-order valence-electron chi connectivity index (χ4n) is 2.08. The number of rotatable bonds is 2. The molecule has 0 atom stereocenters. The van der Waals surface area contributed by atoms with Crippen LogP contribution in [-0.4, -0.2) is 4.57 Å². The van der Waals surface area contributed by atoms with Crippen LogP contribution in [0.25, 0.3) is 10.9 Å². The molecular weight excluding hydrogens is 206 g/mol. The Balaban J connectivity index is 1.97. The molecule has 83 valence electrons. The Kier molecular flexibility index (Phi) is 2.45. The van der Waals surface area contributed by atoms with Gasteiger partial charge in [-0.25, -0.2) is 0 Å².